The highest BCUT2D eigenvalue weighted by atomic mass is 32.2. The Morgan fingerprint density at radius 1 is 1.41 bits per heavy atom. The van der Waals surface area contributed by atoms with Crippen LogP contribution in [0.25, 0.3) is 0 Å². The fourth-order valence-corrected chi connectivity index (χ4v) is 3.97. The van der Waals surface area contributed by atoms with Crippen LogP contribution in [-0.4, -0.2) is 68.7 Å². The van der Waals surface area contributed by atoms with Crippen LogP contribution < -0.4 is 10.6 Å². The first-order valence-electron chi connectivity index (χ1n) is 7.48. The van der Waals surface area contributed by atoms with Gasteiger partial charge >= 0.3 is 0 Å². The van der Waals surface area contributed by atoms with Crippen molar-refractivity contribution in [3.05, 3.63) is 0 Å². The normalized spacial score (nSPS) is 35.9. The van der Waals surface area contributed by atoms with E-state index in [0.717, 1.165) is 17.7 Å². The van der Waals surface area contributed by atoms with Gasteiger partial charge in [0, 0.05) is 26.7 Å². The molecule has 5 atom stereocenters. The molecular weight excluding hydrogens is 306 g/mol. The number of thioether (sulfide) groups is 1. The van der Waals surface area contributed by atoms with Gasteiger partial charge < -0.3 is 29.7 Å². The predicted molar refractivity (Wildman–Crippen MR) is 85.0 cm³/mol. The Bertz CT molecular complexity index is 421. The average molecular weight is 329 g/mol. The van der Waals surface area contributed by atoms with E-state index < -0.39 is 11.8 Å². The summed E-state index contributed by atoms with van der Waals surface area (Å²) < 4.78 is 11.0. The van der Waals surface area contributed by atoms with Crippen LogP contribution in [0.5, 0.6) is 0 Å². The number of nitrogens with one attached hydrogen (secondary N) is 2. The van der Waals surface area contributed by atoms with Crippen LogP contribution in [-0.2, 0) is 19.1 Å². The number of aliphatic imine (C=N–C) groups is 1. The molecule has 2 rings (SSSR count). The second-order valence-corrected chi connectivity index (χ2v) is 6.32. The molecule has 0 unspecified atom stereocenters. The quantitative estimate of drug-likeness (QED) is 0.465. The van der Waals surface area contributed by atoms with E-state index in [2.05, 4.69) is 15.6 Å². The second kappa shape index (κ2) is 8.61. The zero-order valence-corrected chi connectivity index (χ0v) is 13.7. The molecule has 2 saturated heterocycles. The van der Waals surface area contributed by atoms with Crippen molar-refractivity contribution in [3.8, 4) is 0 Å². The van der Waals surface area contributed by atoms with Gasteiger partial charge in [-0.2, -0.15) is 0 Å². The summed E-state index contributed by atoms with van der Waals surface area (Å²) in [4.78, 5) is 27.3. The van der Waals surface area contributed by atoms with Gasteiger partial charge in [0.2, 0.25) is 0 Å². The summed E-state index contributed by atoms with van der Waals surface area (Å²) >= 11 is 1.49. The van der Waals surface area contributed by atoms with Gasteiger partial charge in [0.15, 0.2) is 5.17 Å². The van der Waals surface area contributed by atoms with Gasteiger partial charge in [-0.15, -0.1) is 0 Å². The molecule has 0 radical (unpaired) electrons. The molecule has 2 aliphatic rings. The van der Waals surface area contributed by atoms with Crippen molar-refractivity contribution in [2.45, 2.75) is 24.5 Å². The molecule has 8 heteroatoms. The number of hydrogen-bond donors (Lipinski definition) is 2. The smallest absolute Gasteiger partial charge is 0.159 e. The fourth-order valence-electron chi connectivity index (χ4n) is 2.75. The Morgan fingerprint density at radius 2 is 2.18 bits per heavy atom. The predicted octanol–water partition coefficient (Wildman–Crippen LogP) is -0.342. The first-order chi connectivity index (χ1) is 10.7. The Morgan fingerprint density at radius 3 is 2.82 bits per heavy atom. The maximum atomic E-state index is 11.5. The molecule has 0 saturated carbocycles. The van der Waals surface area contributed by atoms with Crippen LogP contribution in [0.15, 0.2) is 4.99 Å². The molecule has 2 heterocycles. The Kier molecular flexibility index (Phi) is 6.81. The fraction of sp³-hybridized carbons (Fsp3) is 0.786. The van der Waals surface area contributed by atoms with Crippen molar-refractivity contribution in [1.29, 1.82) is 0 Å². The van der Waals surface area contributed by atoms with E-state index in [1.54, 1.807) is 7.11 Å². The summed E-state index contributed by atoms with van der Waals surface area (Å²) in [5.41, 5.74) is -0.189. The molecule has 0 amide bonds. The van der Waals surface area contributed by atoms with Crippen LogP contribution in [0.3, 0.4) is 0 Å². The standard InChI is InChI=1S/C14H23N3O4S/c1-3-16-14-17-12-10(8-19)9(7-18)11(21-13(12)22-14)6-15-4-5-20-2/h7-13,15H,3-6H2,1-2H3,(H,16,17)/t9-,10+,11-,12+,13+/m0/s1. The summed E-state index contributed by atoms with van der Waals surface area (Å²) in [5.74, 6) is -0.856. The maximum absolute atomic E-state index is 11.5. The summed E-state index contributed by atoms with van der Waals surface area (Å²) in [5, 5.41) is 7.19. The molecule has 0 bridgehead atoms. The number of ether oxygens (including phenoxy) is 2. The molecule has 124 valence electrons. The summed E-state index contributed by atoms with van der Waals surface area (Å²) in [6, 6.07) is -0.196. The van der Waals surface area contributed by atoms with Crippen LogP contribution in [0.1, 0.15) is 6.92 Å². The Labute approximate surface area is 134 Å². The number of rotatable bonds is 8. The molecule has 7 nitrogen and oxygen atoms in total. The zero-order chi connectivity index (χ0) is 15.9. The lowest BCUT2D eigenvalue weighted by molar-refractivity contribution is -0.138. The van der Waals surface area contributed by atoms with Gasteiger partial charge in [-0.25, -0.2) is 0 Å². The van der Waals surface area contributed by atoms with E-state index >= 15 is 0 Å². The van der Waals surface area contributed by atoms with Crippen LogP contribution >= 0.6 is 11.8 Å². The summed E-state index contributed by atoms with van der Waals surface area (Å²) in [6.07, 6.45) is 1.38. The third-order valence-corrected chi connectivity index (χ3v) is 4.96. The molecule has 2 N–H and O–H groups in total. The van der Waals surface area contributed by atoms with Gasteiger partial charge in [0.1, 0.15) is 18.0 Å². The topological polar surface area (TPSA) is 89.0 Å². The molecule has 0 aliphatic carbocycles. The highest BCUT2D eigenvalue weighted by Crippen LogP contribution is 2.38. The number of aldehydes is 2. The monoisotopic (exact) mass is 329 g/mol. The molecule has 0 aromatic rings. The number of nitrogens with zero attached hydrogens (tertiary/aromatic N) is 1. The van der Waals surface area contributed by atoms with E-state index in [0.29, 0.717) is 26.2 Å². The number of amidine groups is 1. The Balaban J connectivity index is 2.05. The van der Waals surface area contributed by atoms with E-state index in [1.165, 1.54) is 11.8 Å². The van der Waals surface area contributed by atoms with E-state index in [9.17, 15) is 9.59 Å². The van der Waals surface area contributed by atoms with E-state index in [4.69, 9.17) is 9.47 Å². The minimum absolute atomic E-state index is 0.189. The number of carbonyl (C=O) groups excluding carboxylic acids is 2. The molecule has 2 aliphatic heterocycles. The van der Waals surface area contributed by atoms with Gasteiger partial charge in [-0.3, -0.25) is 4.99 Å². The molecule has 0 aromatic heterocycles. The maximum Gasteiger partial charge on any atom is 0.159 e. The van der Waals surface area contributed by atoms with Gasteiger partial charge in [0.25, 0.3) is 0 Å². The highest BCUT2D eigenvalue weighted by molar-refractivity contribution is 8.14. The van der Waals surface area contributed by atoms with Crippen molar-refractivity contribution in [2.24, 2.45) is 16.8 Å². The molecule has 2 fully saturated rings. The van der Waals surface area contributed by atoms with Crippen LogP contribution in [0.4, 0.5) is 0 Å². The van der Waals surface area contributed by atoms with Gasteiger partial charge in [0.05, 0.1) is 30.6 Å². The molecule has 22 heavy (non-hydrogen) atoms. The minimum Gasteiger partial charge on any atom is -0.383 e. The van der Waals surface area contributed by atoms with Crippen molar-refractivity contribution >= 4 is 29.5 Å². The minimum atomic E-state index is -0.456. The number of methoxy groups -OCH3 is 1. The zero-order valence-electron chi connectivity index (χ0n) is 12.9. The number of carbonyl (C=O) groups is 2. The third-order valence-electron chi connectivity index (χ3n) is 3.85. The number of fused-ring (bicyclic) bond motifs is 1. The SMILES string of the molecule is CCN=C1N[C@@H]2[C@H](C=O)[C@H](C=O)[C@H](CNCCOC)O[C@@H]2S1. The Hall–Kier alpha value is -0.960. The third kappa shape index (κ3) is 3.87. The molecule has 0 aromatic carbocycles. The van der Waals surface area contributed by atoms with Crippen molar-refractivity contribution in [1.82, 2.24) is 10.6 Å². The van der Waals surface area contributed by atoms with E-state index in [1.807, 2.05) is 6.92 Å². The lowest BCUT2D eigenvalue weighted by Gasteiger charge is -2.39. The van der Waals surface area contributed by atoms with Crippen LogP contribution in [0, 0.1) is 11.8 Å². The summed E-state index contributed by atoms with van der Waals surface area (Å²) in [6.45, 7) is 4.40. The number of hydrogen-bond acceptors (Lipinski definition) is 7. The van der Waals surface area contributed by atoms with E-state index in [-0.39, 0.29) is 17.6 Å². The van der Waals surface area contributed by atoms with Crippen molar-refractivity contribution in [2.75, 3.05) is 33.4 Å². The summed E-state index contributed by atoms with van der Waals surface area (Å²) in [7, 11) is 1.63. The second-order valence-electron chi connectivity index (χ2n) is 5.23. The lowest BCUT2D eigenvalue weighted by Crippen LogP contribution is -2.56. The molecular formula is C14H23N3O4S. The largest absolute Gasteiger partial charge is 0.383 e. The molecule has 0 spiro atoms. The van der Waals surface area contributed by atoms with Crippen molar-refractivity contribution < 1.29 is 19.1 Å². The highest BCUT2D eigenvalue weighted by Gasteiger charge is 2.49. The average Bonchev–Trinajstić information content (AvgIpc) is 2.92. The van der Waals surface area contributed by atoms with Crippen LogP contribution in [0.2, 0.25) is 0 Å². The van der Waals surface area contributed by atoms with Gasteiger partial charge in [-0.05, 0) is 6.92 Å². The van der Waals surface area contributed by atoms with Crippen molar-refractivity contribution in [3.63, 3.8) is 0 Å². The first-order valence-corrected chi connectivity index (χ1v) is 8.36. The van der Waals surface area contributed by atoms with Gasteiger partial charge in [-0.1, -0.05) is 11.8 Å². The lowest BCUT2D eigenvalue weighted by atomic mass is 9.82. The first kappa shape index (κ1) is 17.4.